The molecule has 0 aromatic heterocycles. The van der Waals surface area contributed by atoms with Crippen molar-refractivity contribution in [3.63, 3.8) is 0 Å². The highest BCUT2D eigenvalue weighted by Gasteiger charge is 2.41. The molecule has 1 aliphatic heterocycles. The van der Waals surface area contributed by atoms with E-state index in [2.05, 4.69) is 5.32 Å². The Morgan fingerprint density at radius 2 is 1.53 bits per heavy atom. The van der Waals surface area contributed by atoms with Crippen LogP contribution >= 0.6 is 0 Å². The summed E-state index contributed by atoms with van der Waals surface area (Å²) in [5.41, 5.74) is 3.27. The van der Waals surface area contributed by atoms with E-state index in [0.717, 1.165) is 24.1 Å². The van der Waals surface area contributed by atoms with Crippen LogP contribution in [-0.4, -0.2) is 49.8 Å². The molecule has 2 aromatic rings. The Hall–Kier alpha value is -2.99. The Kier molecular flexibility index (Phi) is 7.14. The van der Waals surface area contributed by atoms with E-state index in [9.17, 15) is 14.4 Å². The van der Waals surface area contributed by atoms with Crippen LogP contribution in [0.15, 0.2) is 36.4 Å². The van der Waals surface area contributed by atoms with E-state index < -0.39 is 5.91 Å². The number of rotatable bonds is 8. The van der Waals surface area contributed by atoms with Gasteiger partial charge in [0.15, 0.2) is 0 Å². The lowest BCUT2D eigenvalue weighted by Gasteiger charge is -2.25. The van der Waals surface area contributed by atoms with Crippen molar-refractivity contribution in [2.75, 3.05) is 32.1 Å². The monoisotopic (exact) mass is 435 g/mol. The average Bonchev–Trinajstić information content (AvgIpc) is 3.00. The van der Waals surface area contributed by atoms with Gasteiger partial charge in [-0.1, -0.05) is 52.0 Å². The molecule has 6 heteroatoms. The second-order valence-corrected chi connectivity index (χ2v) is 9.18. The SMILES string of the molecule is CC(C)c1cccc(C(C)C)c1N1C(=O)c2cccc(C(=O)NCCCN(C)C)c2C1=O. The third-order valence-corrected chi connectivity index (χ3v) is 5.79. The fourth-order valence-corrected chi connectivity index (χ4v) is 4.14. The van der Waals surface area contributed by atoms with Gasteiger partial charge in [0.2, 0.25) is 0 Å². The summed E-state index contributed by atoms with van der Waals surface area (Å²) in [5.74, 6) is -0.869. The van der Waals surface area contributed by atoms with Crippen molar-refractivity contribution in [3.05, 3.63) is 64.2 Å². The number of imide groups is 1. The second kappa shape index (κ2) is 9.65. The summed E-state index contributed by atoms with van der Waals surface area (Å²) in [6, 6.07) is 10.8. The summed E-state index contributed by atoms with van der Waals surface area (Å²) >= 11 is 0. The summed E-state index contributed by atoms with van der Waals surface area (Å²) in [7, 11) is 3.95. The molecule has 0 radical (unpaired) electrons. The van der Waals surface area contributed by atoms with E-state index in [0.29, 0.717) is 12.2 Å². The van der Waals surface area contributed by atoms with Crippen molar-refractivity contribution in [2.24, 2.45) is 0 Å². The summed E-state index contributed by atoms with van der Waals surface area (Å²) in [6.45, 7) is 9.55. The number of fused-ring (bicyclic) bond motifs is 1. The van der Waals surface area contributed by atoms with Gasteiger partial charge >= 0.3 is 0 Å². The lowest BCUT2D eigenvalue weighted by atomic mass is 9.92. The van der Waals surface area contributed by atoms with E-state index in [1.54, 1.807) is 18.2 Å². The van der Waals surface area contributed by atoms with Crippen molar-refractivity contribution in [1.29, 1.82) is 0 Å². The Labute approximate surface area is 190 Å². The number of benzene rings is 2. The van der Waals surface area contributed by atoms with Gasteiger partial charge in [0, 0.05) is 6.54 Å². The standard InChI is InChI=1S/C26H33N3O3/c1-16(2)18-10-7-11-19(17(3)4)23(18)29-25(31)21-13-8-12-20(22(21)26(29)32)24(30)27-14-9-15-28(5)6/h7-8,10-13,16-17H,9,14-15H2,1-6H3,(H,27,30). The number of hydrogen-bond acceptors (Lipinski definition) is 4. The molecule has 32 heavy (non-hydrogen) atoms. The van der Waals surface area contributed by atoms with Crippen molar-refractivity contribution in [3.8, 4) is 0 Å². The molecule has 6 nitrogen and oxygen atoms in total. The number of anilines is 1. The average molecular weight is 436 g/mol. The second-order valence-electron chi connectivity index (χ2n) is 9.18. The highest BCUT2D eigenvalue weighted by atomic mass is 16.2. The zero-order chi connectivity index (χ0) is 23.6. The first kappa shape index (κ1) is 23.7. The Morgan fingerprint density at radius 3 is 2.09 bits per heavy atom. The maximum atomic E-state index is 13.6. The summed E-state index contributed by atoms with van der Waals surface area (Å²) in [4.78, 5) is 43.3. The normalized spacial score (nSPS) is 13.5. The molecule has 0 atom stereocenters. The predicted octanol–water partition coefficient (Wildman–Crippen LogP) is 4.42. The molecule has 0 saturated carbocycles. The zero-order valence-electron chi connectivity index (χ0n) is 19.9. The van der Waals surface area contributed by atoms with Crippen LogP contribution in [0.1, 0.15) is 88.2 Å². The van der Waals surface area contributed by atoms with Crippen LogP contribution in [0.2, 0.25) is 0 Å². The molecule has 0 saturated heterocycles. The lowest BCUT2D eigenvalue weighted by molar-refractivity contribution is 0.0910. The van der Waals surface area contributed by atoms with Gasteiger partial charge in [-0.2, -0.15) is 0 Å². The molecule has 3 rings (SSSR count). The molecule has 0 unspecified atom stereocenters. The number of amides is 3. The number of nitrogens with one attached hydrogen (secondary N) is 1. The highest BCUT2D eigenvalue weighted by molar-refractivity contribution is 6.36. The number of nitrogens with zero attached hydrogens (tertiary/aromatic N) is 2. The van der Waals surface area contributed by atoms with E-state index in [-0.39, 0.29) is 40.3 Å². The Balaban J connectivity index is 2.01. The molecule has 3 amide bonds. The zero-order valence-corrected chi connectivity index (χ0v) is 19.9. The molecular weight excluding hydrogens is 402 g/mol. The molecule has 0 bridgehead atoms. The molecule has 1 aliphatic rings. The van der Waals surface area contributed by atoms with Gasteiger partial charge < -0.3 is 10.2 Å². The molecule has 0 fully saturated rings. The van der Waals surface area contributed by atoms with Crippen molar-refractivity contribution >= 4 is 23.4 Å². The van der Waals surface area contributed by atoms with E-state index in [1.807, 2.05) is 64.9 Å². The van der Waals surface area contributed by atoms with Gasteiger partial charge in [-0.05, 0) is 62.2 Å². The van der Waals surface area contributed by atoms with Crippen molar-refractivity contribution in [1.82, 2.24) is 10.2 Å². The minimum absolute atomic E-state index is 0.132. The van der Waals surface area contributed by atoms with Gasteiger partial charge in [0.1, 0.15) is 0 Å². The van der Waals surface area contributed by atoms with Crippen LogP contribution in [0.4, 0.5) is 5.69 Å². The van der Waals surface area contributed by atoms with Gasteiger partial charge in [-0.15, -0.1) is 0 Å². The van der Waals surface area contributed by atoms with E-state index in [4.69, 9.17) is 0 Å². The van der Waals surface area contributed by atoms with Crippen LogP contribution in [0.3, 0.4) is 0 Å². The maximum Gasteiger partial charge on any atom is 0.266 e. The molecular formula is C26H33N3O3. The topological polar surface area (TPSA) is 69.7 Å². The van der Waals surface area contributed by atoms with E-state index in [1.165, 1.54) is 4.90 Å². The molecule has 1 heterocycles. The van der Waals surface area contributed by atoms with Crippen LogP contribution in [0, 0.1) is 0 Å². The number of para-hydroxylation sites is 1. The van der Waals surface area contributed by atoms with Gasteiger partial charge in [-0.25, -0.2) is 4.90 Å². The van der Waals surface area contributed by atoms with Crippen LogP contribution in [0.25, 0.3) is 0 Å². The Bertz CT molecular complexity index is 1010. The molecule has 170 valence electrons. The summed E-state index contributed by atoms with van der Waals surface area (Å²) in [6.07, 6.45) is 0.798. The third kappa shape index (κ3) is 4.46. The largest absolute Gasteiger partial charge is 0.352 e. The highest BCUT2D eigenvalue weighted by Crippen LogP contribution is 2.40. The number of hydrogen-bond donors (Lipinski definition) is 1. The van der Waals surface area contributed by atoms with E-state index >= 15 is 0 Å². The first-order valence-corrected chi connectivity index (χ1v) is 11.2. The molecule has 1 N–H and O–H groups in total. The quantitative estimate of drug-likeness (QED) is 0.492. The maximum absolute atomic E-state index is 13.6. The summed E-state index contributed by atoms with van der Waals surface area (Å²) < 4.78 is 0. The smallest absolute Gasteiger partial charge is 0.266 e. The summed E-state index contributed by atoms with van der Waals surface area (Å²) in [5, 5.41) is 2.89. The fourth-order valence-electron chi connectivity index (χ4n) is 4.14. The fraction of sp³-hybridized carbons (Fsp3) is 0.423. The van der Waals surface area contributed by atoms with Crippen molar-refractivity contribution < 1.29 is 14.4 Å². The lowest BCUT2D eigenvalue weighted by Crippen LogP contribution is -2.33. The third-order valence-electron chi connectivity index (χ3n) is 5.79. The van der Waals surface area contributed by atoms with Crippen LogP contribution in [0.5, 0.6) is 0 Å². The minimum atomic E-state index is -0.431. The van der Waals surface area contributed by atoms with Crippen LogP contribution < -0.4 is 10.2 Å². The van der Waals surface area contributed by atoms with Gasteiger partial charge in [-0.3, -0.25) is 14.4 Å². The molecule has 0 spiro atoms. The minimum Gasteiger partial charge on any atom is -0.352 e. The van der Waals surface area contributed by atoms with Gasteiger partial charge in [0.25, 0.3) is 17.7 Å². The number of carbonyl (C=O) groups excluding carboxylic acids is 3. The first-order chi connectivity index (χ1) is 15.1. The number of carbonyl (C=O) groups is 3. The first-order valence-electron chi connectivity index (χ1n) is 11.2. The molecule has 2 aromatic carbocycles. The predicted molar refractivity (Wildman–Crippen MR) is 128 cm³/mol. The van der Waals surface area contributed by atoms with Gasteiger partial charge in [0.05, 0.1) is 22.4 Å². The molecule has 0 aliphatic carbocycles. The Morgan fingerprint density at radius 1 is 0.938 bits per heavy atom. The van der Waals surface area contributed by atoms with Crippen LogP contribution in [-0.2, 0) is 0 Å². The van der Waals surface area contributed by atoms with Crippen molar-refractivity contribution in [2.45, 2.75) is 46.0 Å².